The van der Waals surface area contributed by atoms with Crippen LogP contribution in [-0.4, -0.2) is 24.0 Å². The Morgan fingerprint density at radius 1 is 1.29 bits per heavy atom. The lowest BCUT2D eigenvalue weighted by Crippen LogP contribution is -2.49. The number of likely N-dealkylation sites (N-methyl/N-ethyl adjacent to an activating group) is 1. The number of nitrogens with zero attached hydrogens (tertiary/aromatic N) is 1. The third-order valence-corrected chi connectivity index (χ3v) is 3.73. The van der Waals surface area contributed by atoms with E-state index in [4.69, 9.17) is 17.3 Å². The smallest absolute Gasteiger partial charge is 0.0406 e. The van der Waals surface area contributed by atoms with Crippen molar-refractivity contribution in [1.29, 1.82) is 0 Å². The quantitative estimate of drug-likeness (QED) is 0.844. The molecular formula is C14H23ClN2. The maximum absolute atomic E-state index is 5.91. The van der Waals surface area contributed by atoms with Crippen LogP contribution in [-0.2, 0) is 6.54 Å². The first kappa shape index (κ1) is 14.5. The average molecular weight is 255 g/mol. The van der Waals surface area contributed by atoms with Crippen LogP contribution in [0, 0.1) is 0 Å². The SMILES string of the molecule is CCCC(C)(CN)N(C)Cc1ccc(Cl)cc1. The fraction of sp³-hybridized carbons (Fsp3) is 0.571. The number of nitrogens with two attached hydrogens (primary N) is 1. The number of benzene rings is 1. The van der Waals surface area contributed by atoms with Gasteiger partial charge in [-0.1, -0.05) is 37.1 Å². The predicted octanol–water partition coefficient (Wildman–Crippen LogP) is 3.29. The van der Waals surface area contributed by atoms with Crippen LogP contribution >= 0.6 is 11.6 Å². The van der Waals surface area contributed by atoms with Crippen molar-refractivity contribution in [3.8, 4) is 0 Å². The van der Waals surface area contributed by atoms with Gasteiger partial charge in [-0.3, -0.25) is 4.90 Å². The fourth-order valence-electron chi connectivity index (χ4n) is 2.04. The molecular weight excluding hydrogens is 232 g/mol. The summed E-state index contributed by atoms with van der Waals surface area (Å²) in [7, 11) is 2.14. The first-order chi connectivity index (χ1) is 8.01. The molecule has 0 aliphatic rings. The van der Waals surface area contributed by atoms with E-state index in [-0.39, 0.29) is 5.54 Å². The summed E-state index contributed by atoms with van der Waals surface area (Å²) in [5, 5.41) is 0.784. The summed E-state index contributed by atoms with van der Waals surface area (Å²) in [5.41, 5.74) is 7.26. The first-order valence-electron chi connectivity index (χ1n) is 6.17. The van der Waals surface area contributed by atoms with Gasteiger partial charge < -0.3 is 5.73 Å². The molecule has 0 spiro atoms. The topological polar surface area (TPSA) is 29.3 Å². The highest BCUT2D eigenvalue weighted by Crippen LogP contribution is 2.21. The molecule has 0 amide bonds. The zero-order valence-electron chi connectivity index (χ0n) is 11.0. The second kappa shape index (κ2) is 6.39. The standard InChI is InChI=1S/C14H23ClN2/c1-4-9-14(2,11-16)17(3)10-12-5-7-13(15)8-6-12/h5-8H,4,9-11,16H2,1-3H3. The largest absolute Gasteiger partial charge is 0.329 e. The molecule has 2 nitrogen and oxygen atoms in total. The lowest BCUT2D eigenvalue weighted by molar-refractivity contribution is 0.125. The predicted molar refractivity (Wildman–Crippen MR) is 75.3 cm³/mol. The molecule has 0 radical (unpaired) electrons. The molecule has 0 heterocycles. The minimum absolute atomic E-state index is 0.0778. The van der Waals surface area contributed by atoms with Crippen molar-refractivity contribution in [2.24, 2.45) is 5.73 Å². The Morgan fingerprint density at radius 2 is 1.88 bits per heavy atom. The van der Waals surface area contributed by atoms with Crippen molar-refractivity contribution in [3.05, 3.63) is 34.9 Å². The van der Waals surface area contributed by atoms with Crippen LogP contribution in [0.1, 0.15) is 32.3 Å². The van der Waals surface area contributed by atoms with Crippen molar-refractivity contribution in [2.45, 2.75) is 38.8 Å². The number of halogens is 1. The Labute approximate surface area is 110 Å². The third-order valence-electron chi connectivity index (χ3n) is 3.48. The Kier molecular flexibility index (Phi) is 5.44. The van der Waals surface area contributed by atoms with Gasteiger partial charge in [0.2, 0.25) is 0 Å². The summed E-state index contributed by atoms with van der Waals surface area (Å²) in [5.74, 6) is 0. The van der Waals surface area contributed by atoms with Crippen LogP contribution in [0.2, 0.25) is 5.02 Å². The molecule has 0 fully saturated rings. The third kappa shape index (κ3) is 3.98. The summed E-state index contributed by atoms with van der Waals surface area (Å²) in [4.78, 5) is 2.33. The molecule has 1 aromatic rings. The Hall–Kier alpha value is -0.570. The van der Waals surface area contributed by atoms with Crippen molar-refractivity contribution in [2.75, 3.05) is 13.6 Å². The molecule has 0 bridgehead atoms. The highest BCUT2D eigenvalue weighted by Gasteiger charge is 2.26. The van der Waals surface area contributed by atoms with Gasteiger partial charge in [0.1, 0.15) is 0 Å². The zero-order valence-corrected chi connectivity index (χ0v) is 11.8. The van der Waals surface area contributed by atoms with E-state index in [2.05, 4.69) is 37.9 Å². The maximum Gasteiger partial charge on any atom is 0.0406 e. The van der Waals surface area contributed by atoms with Crippen LogP contribution in [0.5, 0.6) is 0 Å². The summed E-state index contributed by atoms with van der Waals surface area (Å²) in [6.07, 6.45) is 2.27. The molecule has 1 unspecified atom stereocenters. The molecule has 0 aliphatic carbocycles. The van der Waals surface area contributed by atoms with Gasteiger partial charge in [0.15, 0.2) is 0 Å². The highest BCUT2D eigenvalue weighted by molar-refractivity contribution is 6.30. The molecule has 1 atom stereocenters. The van der Waals surface area contributed by atoms with Crippen LogP contribution in [0.3, 0.4) is 0 Å². The molecule has 3 heteroatoms. The van der Waals surface area contributed by atoms with Crippen molar-refractivity contribution >= 4 is 11.6 Å². The monoisotopic (exact) mass is 254 g/mol. The maximum atomic E-state index is 5.91. The van der Waals surface area contributed by atoms with Gasteiger partial charge in [-0.25, -0.2) is 0 Å². The summed E-state index contributed by atoms with van der Waals surface area (Å²) in [6.45, 7) is 6.02. The zero-order chi connectivity index (χ0) is 12.9. The van der Waals surface area contributed by atoms with Crippen molar-refractivity contribution in [3.63, 3.8) is 0 Å². The summed E-state index contributed by atoms with van der Waals surface area (Å²) < 4.78 is 0. The van der Waals surface area contributed by atoms with Gasteiger partial charge in [0.05, 0.1) is 0 Å². The van der Waals surface area contributed by atoms with E-state index < -0.39 is 0 Å². The molecule has 0 aliphatic heterocycles. The van der Waals surface area contributed by atoms with Gasteiger partial charge in [-0.15, -0.1) is 0 Å². The summed E-state index contributed by atoms with van der Waals surface area (Å²) in [6, 6.07) is 8.01. The van der Waals surface area contributed by atoms with Gasteiger partial charge >= 0.3 is 0 Å². The second-order valence-corrected chi connectivity index (χ2v) is 5.37. The van der Waals surface area contributed by atoms with E-state index in [1.165, 1.54) is 5.56 Å². The Morgan fingerprint density at radius 3 is 2.35 bits per heavy atom. The van der Waals surface area contributed by atoms with Gasteiger partial charge in [0, 0.05) is 23.7 Å². The normalized spacial score (nSPS) is 14.9. The molecule has 0 saturated heterocycles. The van der Waals surface area contributed by atoms with Crippen LogP contribution in [0.25, 0.3) is 0 Å². The minimum atomic E-state index is 0.0778. The van der Waals surface area contributed by atoms with E-state index in [0.29, 0.717) is 6.54 Å². The van der Waals surface area contributed by atoms with Crippen LogP contribution in [0.4, 0.5) is 0 Å². The highest BCUT2D eigenvalue weighted by atomic mass is 35.5. The number of hydrogen-bond acceptors (Lipinski definition) is 2. The van der Waals surface area contributed by atoms with Gasteiger partial charge in [0.25, 0.3) is 0 Å². The van der Waals surface area contributed by atoms with Crippen LogP contribution < -0.4 is 5.73 Å². The van der Waals surface area contributed by atoms with Gasteiger partial charge in [-0.05, 0) is 38.1 Å². The molecule has 1 aromatic carbocycles. The first-order valence-corrected chi connectivity index (χ1v) is 6.55. The van der Waals surface area contributed by atoms with Gasteiger partial charge in [-0.2, -0.15) is 0 Å². The minimum Gasteiger partial charge on any atom is -0.329 e. The van der Waals surface area contributed by atoms with Crippen LogP contribution in [0.15, 0.2) is 24.3 Å². The summed E-state index contributed by atoms with van der Waals surface area (Å²) >= 11 is 5.88. The van der Waals surface area contributed by atoms with E-state index in [1.807, 2.05) is 12.1 Å². The van der Waals surface area contributed by atoms with E-state index in [0.717, 1.165) is 24.4 Å². The Bertz CT molecular complexity index is 337. The van der Waals surface area contributed by atoms with E-state index in [1.54, 1.807) is 0 Å². The van der Waals surface area contributed by atoms with Crippen molar-refractivity contribution < 1.29 is 0 Å². The molecule has 0 saturated carbocycles. The molecule has 0 aromatic heterocycles. The van der Waals surface area contributed by atoms with E-state index in [9.17, 15) is 0 Å². The van der Waals surface area contributed by atoms with E-state index >= 15 is 0 Å². The number of hydrogen-bond donors (Lipinski definition) is 1. The lowest BCUT2D eigenvalue weighted by Gasteiger charge is -2.38. The lowest BCUT2D eigenvalue weighted by atomic mass is 9.94. The molecule has 17 heavy (non-hydrogen) atoms. The second-order valence-electron chi connectivity index (χ2n) is 4.93. The molecule has 1 rings (SSSR count). The Balaban J connectivity index is 2.69. The average Bonchev–Trinajstić information content (AvgIpc) is 2.32. The molecule has 96 valence electrons. The number of rotatable bonds is 6. The van der Waals surface area contributed by atoms with Crippen molar-refractivity contribution in [1.82, 2.24) is 4.90 Å². The molecule has 2 N–H and O–H groups in total. The fourth-order valence-corrected chi connectivity index (χ4v) is 2.17.